The summed E-state index contributed by atoms with van der Waals surface area (Å²) in [6.45, 7) is 0.168. The molecule has 0 unspecified atom stereocenters. The number of amides is 2. The second-order valence-electron chi connectivity index (χ2n) is 5.83. The second kappa shape index (κ2) is 7.71. The summed E-state index contributed by atoms with van der Waals surface area (Å²) in [5, 5.41) is 4.17. The number of hydrazine groups is 1. The zero-order valence-electron chi connectivity index (χ0n) is 14.5. The van der Waals surface area contributed by atoms with Crippen LogP contribution in [0.2, 0.25) is 0 Å². The molecule has 1 aliphatic rings. The van der Waals surface area contributed by atoms with Gasteiger partial charge in [0.2, 0.25) is 6.79 Å². The lowest BCUT2D eigenvalue weighted by Gasteiger charge is -2.15. The van der Waals surface area contributed by atoms with Gasteiger partial charge in [0.15, 0.2) is 11.5 Å². The van der Waals surface area contributed by atoms with Crippen LogP contribution in [-0.4, -0.2) is 37.7 Å². The summed E-state index contributed by atoms with van der Waals surface area (Å²) in [6.07, 6.45) is 1.58. The lowest BCUT2D eigenvalue weighted by Crippen LogP contribution is -2.41. The van der Waals surface area contributed by atoms with E-state index in [1.165, 1.54) is 5.01 Å². The molecule has 3 rings (SSSR count). The number of nitrogens with zero attached hydrogens (tertiary/aromatic N) is 1. The van der Waals surface area contributed by atoms with Gasteiger partial charge in [-0.3, -0.25) is 15.0 Å². The van der Waals surface area contributed by atoms with Gasteiger partial charge in [0, 0.05) is 19.7 Å². The van der Waals surface area contributed by atoms with Gasteiger partial charge in [-0.1, -0.05) is 24.3 Å². The van der Waals surface area contributed by atoms with E-state index in [1.807, 2.05) is 6.07 Å². The van der Waals surface area contributed by atoms with E-state index >= 15 is 0 Å². The van der Waals surface area contributed by atoms with E-state index in [9.17, 15) is 9.59 Å². The van der Waals surface area contributed by atoms with Gasteiger partial charge < -0.3 is 14.8 Å². The highest BCUT2D eigenvalue weighted by Crippen LogP contribution is 2.33. The summed E-state index contributed by atoms with van der Waals surface area (Å²) in [4.78, 5) is 24.9. The number of ether oxygens (including phenoxy) is 2. The molecule has 0 aliphatic carbocycles. The van der Waals surface area contributed by atoms with Gasteiger partial charge >= 0.3 is 0 Å². The molecule has 0 saturated heterocycles. The number of hydrogen-bond acceptors (Lipinski definition) is 5. The SMILES string of the molecule is CN(C)NC(=O)/C(=C\c1ccc2c(c1)OCO2)NC(=O)c1ccccc1. The lowest BCUT2D eigenvalue weighted by atomic mass is 10.1. The van der Waals surface area contributed by atoms with Crippen molar-refractivity contribution >= 4 is 17.9 Å². The maximum atomic E-state index is 12.5. The first kappa shape index (κ1) is 17.5. The third-order valence-electron chi connectivity index (χ3n) is 3.56. The summed E-state index contributed by atoms with van der Waals surface area (Å²) in [7, 11) is 3.38. The van der Waals surface area contributed by atoms with E-state index in [4.69, 9.17) is 9.47 Å². The fourth-order valence-electron chi connectivity index (χ4n) is 2.38. The molecule has 7 nitrogen and oxygen atoms in total. The summed E-state index contributed by atoms with van der Waals surface area (Å²) < 4.78 is 10.6. The number of carbonyl (C=O) groups is 2. The Morgan fingerprint density at radius 2 is 1.77 bits per heavy atom. The first-order chi connectivity index (χ1) is 12.5. The molecular formula is C19H19N3O4. The molecule has 0 atom stereocenters. The van der Waals surface area contributed by atoms with Crippen LogP contribution in [0.25, 0.3) is 6.08 Å². The molecule has 2 aromatic rings. The van der Waals surface area contributed by atoms with Crippen molar-refractivity contribution in [3.8, 4) is 11.5 Å². The predicted molar refractivity (Wildman–Crippen MR) is 96.3 cm³/mol. The number of benzene rings is 2. The summed E-state index contributed by atoms with van der Waals surface area (Å²) in [5.41, 5.74) is 3.91. The van der Waals surface area contributed by atoms with Gasteiger partial charge in [0.1, 0.15) is 5.70 Å². The molecule has 0 bridgehead atoms. The van der Waals surface area contributed by atoms with Crippen LogP contribution >= 0.6 is 0 Å². The minimum Gasteiger partial charge on any atom is -0.454 e. The van der Waals surface area contributed by atoms with Crippen LogP contribution in [0.4, 0.5) is 0 Å². The largest absolute Gasteiger partial charge is 0.454 e. The summed E-state index contributed by atoms with van der Waals surface area (Å²) in [5.74, 6) is 0.443. The van der Waals surface area contributed by atoms with Gasteiger partial charge in [0.05, 0.1) is 0 Å². The molecule has 2 N–H and O–H groups in total. The van der Waals surface area contributed by atoms with Gasteiger partial charge in [-0.2, -0.15) is 0 Å². The number of carbonyl (C=O) groups excluding carboxylic acids is 2. The standard InChI is InChI=1S/C19H19N3O4/c1-22(2)21-19(24)15(20-18(23)14-6-4-3-5-7-14)10-13-8-9-16-17(11-13)26-12-25-16/h3-11H,12H2,1-2H3,(H,20,23)(H,21,24)/b15-10+. The minimum absolute atomic E-state index is 0.117. The molecule has 0 saturated carbocycles. The molecule has 1 aliphatic heterocycles. The van der Waals surface area contributed by atoms with Crippen molar-refractivity contribution in [1.29, 1.82) is 0 Å². The van der Waals surface area contributed by atoms with Crippen molar-refractivity contribution < 1.29 is 19.1 Å². The molecule has 2 amide bonds. The molecule has 1 heterocycles. The number of hydrogen-bond donors (Lipinski definition) is 2. The summed E-state index contributed by atoms with van der Waals surface area (Å²) >= 11 is 0. The zero-order valence-corrected chi connectivity index (χ0v) is 14.5. The molecule has 0 spiro atoms. The van der Waals surface area contributed by atoms with Crippen LogP contribution in [0.1, 0.15) is 15.9 Å². The van der Waals surface area contributed by atoms with Crippen molar-refractivity contribution in [3.05, 3.63) is 65.4 Å². The quantitative estimate of drug-likeness (QED) is 0.633. The average molecular weight is 353 g/mol. The highest BCUT2D eigenvalue weighted by molar-refractivity contribution is 6.05. The van der Waals surface area contributed by atoms with E-state index in [0.717, 1.165) is 0 Å². The Morgan fingerprint density at radius 1 is 1.04 bits per heavy atom. The molecule has 0 radical (unpaired) electrons. The maximum absolute atomic E-state index is 12.5. The first-order valence-corrected chi connectivity index (χ1v) is 7.99. The molecule has 134 valence electrons. The molecule has 0 aromatic heterocycles. The van der Waals surface area contributed by atoms with Gasteiger partial charge in [-0.25, -0.2) is 5.01 Å². The minimum atomic E-state index is -0.433. The lowest BCUT2D eigenvalue weighted by molar-refractivity contribution is -0.121. The Hall–Kier alpha value is -3.32. The van der Waals surface area contributed by atoms with Crippen LogP contribution in [0.15, 0.2) is 54.2 Å². The smallest absolute Gasteiger partial charge is 0.282 e. The Labute approximate surface area is 151 Å². The highest BCUT2D eigenvalue weighted by atomic mass is 16.7. The van der Waals surface area contributed by atoms with Crippen LogP contribution in [0, 0.1) is 0 Å². The van der Waals surface area contributed by atoms with Gasteiger partial charge in [-0.05, 0) is 35.9 Å². The van der Waals surface area contributed by atoms with E-state index in [1.54, 1.807) is 62.6 Å². The van der Waals surface area contributed by atoms with Crippen molar-refractivity contribution in [2.45, 2.75) is 0 Å². The zero-order chi connectivity index (χ0) is 18.5. The van der Waals surface area contributed by atoms with E-state index in [2.05, 4.69) is 10.7 Å². The summed E-state index contributed by atoms with van der Waals surface area (Å²) in [6, 6.07) is 14.0. The van der Waals surface area contributed by atoms with Crippen molar-refractivity contribution in [2.24, 2.45) is 0 Å². The van der Waals surface area contributed by atoms with Gasteiger partial charge in [-0.15, -0.1) is 0 Å². The third kappa shape index (κ3) is 4.20. The van der Waals surface area contributed by atoms with E-state index in [-0.39, 0.29) is 18.4 Å². The fourth-order valence-corrected chi connectivity index (χ4v) is 2.38. The normalized spacial score (nSPS) is 12.8. The fraction of sp³-hybridized carbons (Fsp3) is 0.158. The molecule has 26 heavy (non-hydrogen) atoms. The van der Waals surface area contributed by atoms with Crippen molar-refractivity contribution in [2.75, 3.05) is 20.9 Å². The molecule has 7 heteroatoms. The van der Waals surface area contributed by atoms with Gasteiger partial charge in [0.25, 0.3) is 11.8 Å². The molecule has 2 aromatic carbocycles. The molecule has 0 fully saturated rings. The van der Waals surface area contributed by atoms with Crippen LogP contribution < -0.4 is 20.2 Å². The Kier molecular flexibility index (Phi) is 5.19. The number of nitrogens with one attached hydrogen (secondary N) is 2. The van der Waals surface area contributed by atoms with Crippen LogP contribution in [0.5, 0.6) is 11.5 Å². The third-order valence-corrected chi connectivity index (χ3v) is 3.56. The number of rotatable bonds is 5. The van der Waals surface area contributed by atoms with Crippen LogP contribution in [-0.2, 0) is 4.79 Å². The topological polar surface area (TPSA) is 79.9 Å². The number of fused-ring (bicyclic) bond motifs is 1. The van der Waals surface area contributed by atoms with E-state index < -0.39 is 5.91 Å². The predicted octanol–water partition coefficient (Wildman–Crippen LogP) is 1.78. The first-order valence-electron chi connectivity index (χ1n) is 7.99. The molecular weight excluding hydrogens is 334 g/mol. The second-order valence-corrected chi connectivity index (χ2v) is 5.83. The average Bonchev–Trinajstić information content (AvgIpc) is 3.09. The Bertz CT molecular complexity index is 847. The maximum Gasteiger partial charge on any atom is 0.282 e. The van der Waals surface area contributed by atoms with Crippen molar-refractivity contribution in [3.63, 3.8) is 0 Å². The monoisotopic (exact) mass is 353 g/mol. The Morgan fingerprint density at radius 3 is 2.50 bits per heavy atom. The Balaban J connectivity index is 1.87. The van der Waals surface area contributed by atoms with Crippen LogP contribution in [0.3, 0.4) is 0 Å². The highest BCUT2D eigenvalue weighted by Gasteiger charge is 2.17. The van der Waals surface area contributed by atoms with Crippen molar-refractivity contribution in [1.82, 2.24) is 15.8 Å². The van der Waals surface area contributed by atoms with E-state index in [0.29, 0.717) is 22.6 Å².